The van der Waals surface area contributed by atoms with Crippen LogP contribution in [0.3, 0.4) is 0 Å². The van der Waals surface area contributed by atoms with Gasteiger partial charge >= 0.3 is 5.97 Å². The third-order valence-electron chi connectivity index (χ3n) is 3.82. The predicted octanol–water partition coefficient (Wildman–Crippen LogP) is 4.32. The van der Waals surface area contributed by atoms with Crippen molar-refractivity contribution >= 4 is 23.0 Å². The second-order valence-corrected chi connectivity index (χ2v) is 6.24. The van der Waals surface area contributed by atoms with E-state index in [1.165, 1.54) is 17.7 Å². The molecule has 1 heterocycles. The number of hydrogen-bond acceptors (Lipinski definition) is 3. The van der Waals surface area contributed by atoms with Gasteiger partial charge < -0.3 is 10.4 Å². The van der Waals surface area contributed by atoms with Crippen LogP contribution in [0.1, 0.15) is 39.7 Å². The average molecular weight is 287 g/mol. The molecule has 1 aliphatic rings. The van der Waals surface area contributed by atoms with E-state index < -0.39 is 5.97 Å². The molecule has 0 spiro atoms. The minimum atomic E-state index is -0.870. The number of carboxylic acid groups (broad SMARTS) is 1. The van der Waals surface area contributed by atoms with Gasteiger partial charge in [0.25, 0.3) is 0 Å². The summed E-state index contributed by atoms with van der Waals surface area (Å²) in [6.07, 6.45) is 2.49. The first-order chi connectivity index (χ1) is 9.66. The summed E-state index contributed by atoms with van der Waals surface area (Å²) < 4.78 is 0. The Bertz CT molecular complexity index is 617. The average Bonchev–Trinajstić information content (AvgIpc) is 3.11. The summed E-state index contributed by atoms with van der Waals surface area (Å²) in [5.74, 6) is -0.202. The van der Waals surface area contributed by atoms with E-state index in [0.717, 1.165) is 11.3 Å². The van der Waals surface area contributed by atoms with Crippen LogP contribution in [0.5, 0.6) is 0 Å². The van der Waals surface area contributed by atoms with Gasteiger partial charge in [0, 0.05) is 10.6 Å². The van der Waals surface area contributed by atoms with Gasteiger partial charge in [-0.15, -0.1) is 11.3 Å². The zero-order valence-electron chi connectivity index (χ0n) is 11.3. The molecule has 0 saturated heterocycles. The molecule has 1 atom stereocenters. The normalized spacial score (nSPS) is 15.8. The zero-order chi connectivity index (χ0) is 14.1. The van der Waals surface area contributed by atoms with E-state index in [1.807, 2.05) is 13.0 Å². The van der Waals surface area contributed by atoms with E-state index in [2.05, 4.69) is 22.8 Å². The summed E-state index contributed by atoms with van der Waals surface area (Å²) >= 11 is 1.76. The molecule has 1 aliphatic carbocycles. The van der Waals surface area contributed by atoms with Crippen molar-refractivity contribution in [2.75, 3.05) is 5.32 Å². The maximum atomic E-state index is 11.2. The predicted molar refractivity (Wildman–Crippen MR) is 81.5 cm³/mol. The smallest absolute Gasteiger partial charge is 0.336 e. The summed E-state index contributed by atoms with van der Waals surface area (Å²) in [7, 11) is 0. The highest BCUT2D eigenvalue weighted by Gasteiger charge is 2.33. The molecule has 1 unspecified atom stereocenters. The van der Waals surface area contributed by atoms with Crippen molar-refractivity contribution < 1.29 is 9.90 Å². The number of rotatable bonds is 5. The van der Waals surface area contributed by atoms with E-state index in [4.69, 9.17) is 0 Å². The highest BCUT2D eigenvalue weighted by molar-refractivity contribution is 7.10. The molecule has 0 radical (unpaired) electrons. The molecule has 3 rings (SSSR count). The van der Waals surface area contributed by atoms with Gasteiger partial charge in [0.15, 0.2) is 0 Å². The lowest BCUT2D eigenvalue weighted by molar-refractivity contribution is 0.0696. The van der Waals surface area contributed by atoms with Crippen LogP contribution in [0, 0.1) is 12.8 Å². The van der Waals surface area contributed by atoms with Gasteiger partial charge in [-0.05, 0) is 54.8 Å². The highest BCUT2D eigenvalue weighted by atomic mass is 32.1. The SMILES string of the molecule is Cc1c(NC(c2cccs2)C2CC2)cccc1C(=O)O. The molecular weight excluding hydrogens is 270 g/mol. The van der Waals surface area contributed by atoms with Crippen molar-refractivity contribution in [2.24, 2.45) is 5.92 Å². The van der Waals surface area contributed by atoms with Crippen molar-refractivity contribution in [1.29, 1.82) is 0 Å². The monoisotopic (exact) mass is 287 g/mol. The molecule has 1 aromatic carbocycles. The molecule has 0 aliphatic heterocycles. The molecule has 104 valence electrons. The van der Waals surface area contributed by atoms with Gasteiger partial charge in [0.05, 0.1) is 11.6 Å². The minimum absolute atomic E-state index is 0.303. The number of carboxylic acids is 1. The number of carbonyl (C=O) groups is 1. The number of anilines is 1. The van der Waals surface area contributed by atoms with Gasteiger partial charge in [-0.3, -0.25) is 0 Å². The van der Waals surface area contributed by atoms with Crippen LogP contribution >= 0.6 is 11.3 Å². The zero-order valence-corrected chi connectivity index (χ0v) is 12.1. The maximum absolute atomic E-state index is 11.2. The topological polar surface area (TPSA) is 49.3 Å². The lowest BCUT2D eigenvalue weighted by Crippen LogP contribution is -2.13. The quantitative estimate of drug-likeness (QED) is 0.861. The third-order valence-corrected chi connectivity index (χ3v) is 4.77. The first-order valence-corrected chi connectivity index (χ1v) is 7.67. The second-order valence-electron chi connectivity index (χ2n) is 5.26. The molecule has 1 saturated carbocycles. The number of hydrogen-bond donors (Lipinski definition) is 2. The molecule has 20 heavy (non-hydrogen) atoms. The van der Waals surface area contributed by atoms with Crippen molar-refractivity contribution in [2.45, 2.75) is 25.8 Å². The summed E-state index contributed by atoms with van der Waals surface area (Å²) in [6, 6.07) is 9.94. The number of thiophene rings is 1. The Morgan fingerprint density at radius 3 is 2.75 bits per heavy atom. The van der Waals surface area contributed by atoms with Crippen molar-refractivity contribution in [1.82, 2.24) is 0 Å². The standard InChI is InChI=1S/C16H17NO2S/c1-10-12(16(18)19)4-2-5-13(10)17-15(11-7-8-11)14-6-3-9-20-14/h2-6,9,11,15,17H,7-8H2,1H3,(H,18,19). The highest BCUT2D eigenvalue weighted by Crippen LogP contribution is 2.44. The fourth-order valence-corrected chi connectivity index (χ4v) is 3.38. The van der Waals surface area contributed by atoms with Crippen molar-refractivity contribution in [3.8, 4) is 0 Å². The molecule has 0 amide bonds. The van der Waals surface area contributed by atoms with Crippen LogP contribution < -0.4 is 5.32 Å². The Kier molecular flexibility index (Phi) is 3.49. The van der Waals surface area contributed by atoms with Crippen molar-refractivity contribution in [3.63, 3.8) is 0 Å². The number of nitrogens with one attached hydrogen (secondary N) is 1. The van der Waals surface area contributed by atoms with Gasteiger partial charge in [0.1, 0.15) is 0 Å². The van der Waals surface area contributed by atoms with E-state index in [1.54, 1.807) is 23.5 Å². The summed E-state index contributed by atoms with van der Waals surface area (Å²) in [4.78, 5) is 12.5. The minimum Gasteiger partial charge on any atom is -0.478 e. The Hall–Kier alpha value is -1.81. The largest absolute Gasteiger partial charge is 0.478 e. The van der Waals surface area contributed by atoms with E-state index in [9.17, 15) is 9.90 Å². The lowest BCUT2D eigenvalue weighted by Gasteiger charge is -2.20. The third kappa shape index (κ3) is 2.56. The molecule has 2 N–H and O–H groups in total. The molecule has 1 fully saturated rings. The van der Waals surface area contributed by atoms with Gasteiger partial charge in [-0.25, -0.2) is 4.79 Å². The number of benzene rings is 1. The molecule has 2 aromatic rings. The molecular formula is C16H17NO2S. The molecule has 4 heteroatoms. The van der Waals surface area contributed by atoms with Crippen LogP contribution in [0.4, 0.5) is 5.69 Å². The summed E-state index contributed by atoms with van der Waals surface area (Å²) in [5, 5.41) is 14.8. The van der Waals surface area contributed by atoms with Crippen molar-refractivity contribution in [3.05, 3.63) is 51.7 Å². The maximum Gasteiger partial charge on any atom is 0.336 e. The molecule has 0 bridgehead atoms. The van der Waals surface area contributed by atoms with Crippen LogP contribution in [0.2, 0.25) is 0 Å². The van der Waals surface area contributed by atoms with Crippen LogP contribution in [-0.2, 0) is 0 Å². The Balaban J connectivity index is 1.89. The van der Waals surface area contributed by atoms with Crippen LogP contribution in [0.25, 0.3) is 0 Å². The lowest BCUT2D eigenvalue weighted by atomic mass is 10.0. The van der Waals surface area contributed by atoms with Gasteiger partial charge in [-0.1, -0.05) is 12.1 Å². The Labute approximate surface area is 122 Å². The van der Waals surface area contributed by atoms with E-state index in [0.29, 0.717) is 17.5 Å². The second kappa shape index (κ2) is 5.29. The summed E-state index contributed by atoms with van der Waals surface area (Å²) in [6.45, 7) is 1.87. The van der Waals surface area contributed by atoms with Gasteiger partial charge in [0.2, 0.25) is 0 Å². The molecule has 3 nitrogen and oxygen atoms in total. The fourth-order valence-electron chi connectivity index (χ4n) is 2.51. The molecule has 1 aromatic heterocycles. The first-order valence-electron chi connectivity index (χ1n) is 6.79. The number of aromatic carboxylic acids is 1. The fraction of sp³-hybridized carbons (Fsp3) is 0.312. The Morgan fingerprint density at radius 1 is 1.35 bits per heavy atom. The van der Waals surface area contributed by atoms with Gasteiger partial charge in [-0.2, -0.15) is 0 Å². The van der Waals surface area contributed by atoms with E-state index in [-0.39, 0.29) is 0 Å². The van der Waals surface area contributed by atoms with Crippen LogP contribution in [0.15, 0.2) is 35.7 Å². The summed E-state index contributed by atoms with van der Waals surface area (Å²) in [5.41, 5.74) is 2.10. The van der Waals surface area contributed by atoms with E-state index >= 15 is 0 Å². The van der Waals surface area contributed by atoms with Crippen LogP contribution in [-0.4, -0.2) is 11.1 Å². The Morgan fingerprint density at radius 2 is 2.15 bits per heavy atom. The first kappa shape index (κ1) is 13.2.